The first-order valence-corrected chi connectivity index (χ1v) is 11.8. The van der Waals surface area contributed by atoms with Gasteiger partial charge in [0.25, 0.3) is 0 Å². The summed E-state index contributed by atoms with van der Waals surface area (Å²) in [6.07, 6.45) is 8.17. The third-order valence-electron chi connectivity index (χ3n) is 5.62. The van der Waals surface area contributed by atoms with Gasteiger partial charge in [0.05, 0.1) is 13.7 Å². The Morgan fingerprint density at radius 1 is 0.833 bits per heavy atom. The Balaban J connectivity index is 2.09. The van der Waals surface area contributed by atoms with Gasteiger partial charge in [-0.1, -0.05) is 70.0 Å². The molecule has 0 bridgehead atoms. The van der Waals surface area contributed by atoms with Crippen molar-refractivity contribution in [1.82, 2.24) is 4.90 Å². The van der Waals surface area contributed by atoms with Gasteiger partial charge in [-0.05, 0) is 62.0 Å². The van der Waals surface area contributed by atoms with Crippen molar-refractivity contribution < 1.29 is 9.47 Å². The van der Waals surface area contributed by atoms with E-state index in [0.717, 1.165) is 24.3 Å². The second kappa shape index (κ2) is 14.1. The molecule has 0 aliphatic heterocycles. The molecule has 2 rings (SSSR count). The Morgan fingerprint density at radius 3 is 2.20 bits per heavy atom. The molecule has 3 heteroatoms. The van der Waals surface area contributed by atoms with Crippen molar-refractivity contribution >= 4 is 0 Å². The largest absolute Gasteiger partial charge is 0.493 e. The number of ether oxygens (including phenoxy) is 2. The predicted molar refractivity (Wildman–Crippen MR) is 128 cm³/mol. The quantitative estimate of drug-likeness (QED) is 0.332. The molecule has 0 unspecified atom stereocenters. The minimum Gasteiger partial charge on any atom is -0.493 e. The minimum atomic E-state index is 0.593. The molecular weight excluding hydrogens is 370 g/mol. The number of methoxy groups -OCH3 is 1. The third-order valence-corrected chi connectivity index (χ3v) is 5.62. The molecule has 0 radical (unpaired) electrons. The molecule has 0 saturated heterocycles. The Bertz CT molecular complexity index is 695. The fourth-order valence-corrected chi connectivity index (χ4v) is 4.06. The van der Waals surface area contributed by atoms with E-state index in [0.29, 0.717) is 12.6 Å². The van der Waals surface area contributed by atoms with Crippen molar-refractivity contribution in [2.45, 2.75) is 71.8 Å². The van der Waals surface area contributed by atoms with Crippen molar-refractivity contribution in [2.75, 3.05) is 26.8 Å². The van der Waals surface area contributed by atoms with Crippen LogP contribution in [0, 0.1) is 0 Å². The van der Waals surface area contributed by atoms with Crippen LogP contribution in [-0.2, 0) is 12.8 Å². The smallest absolute Gasteiger partial charge is 0.161 e. The maximum atomic E-state index is 6.15. The average molecular weight is 412 g/mol. The maximum Gasteiger partial charge on any atom is 0.161 e. The van der Waals surface area contributed by atoms with Crippen LogP contribution in [0.1, 0.15) is 64.0 Å². The first-order valence-electron chi connectivity index (χ1n) is 11.8. The highest BCUT2D eigenvalue weighted by Crippen LogP contribution is 2.29. The molecule has 30 heavy (non-hydrogen) atoms. The third kappa shape index (κ3) is 8.02. The Labute approximate surface area is 184 Å². The first-order chi connectivity index (χ1) is 14.7. The lowest BCUT2D eigenvalue weighted by atomic mass is 9.98. The Morgan fingerprint density at radius 2 is 1.57 bits per heavy atom. The van der Waals surface area contributed by atoms with Crippen LogP contribution in [0.4, 0.5) is 0 Å². The van der Waals surface area contributed by atoms with E-state index >= 15 is 0 Å². The molecule has 0 spiro atoms. The van der Waals surface area contributed by atoms with E-state index in [2.05, 4.69) is 68.1 Å². The molecule has 0 N–H and O–H groups in total. The molecule has 0 aliphatic rings. The van der Waals surface area contributed by atoms with Crippen molar-refractivity contribution in [1.29, 1.82) is 0 Å². The fourth-order valence-electron chi connectivity index (χ4n) is 4.06. The van der Waals surface area contributed by atoms with Gasteiger partial charge >= 0.3 is 0 Å². The molecular formula is C27H41NO2. The molecule has 0 fully saturated rings. The topological polar surface area (TPSA) is 21.7 Å². The van der Waals surface area contributed by atoms with Crippen molar-refractivity contribution in [3.63, 3.8) is 0 Å². The Kier molecular flexibility index (Phi) is 11.4. The van der Waals surface area contributed by atoms with Gasteiger partial charge in [-0.2, -0.15) is 0 Å². The summed E-state index contributed by atoms with van der Waals surface area (Å²) in [5.74, 6) is 1.67. The molecule has 0 aliphatic carbocycles. The second-order valence-corrected chi connectivity index (χ2v) is 8.11. The number of hydrogen-bond donors (Lipinski definition) is 0. The van der Waals surface area contributed by atoms with Crippen molar-refractivity contribution in [3.05, 3.63) is 59.7 Å². The standard InChI is InChI=1S/C27H41NO2/c1-5-8-14-25(28(18-6-2)19-7-3)21-24-15-16-26(29-4)27(22-24)30-20-17-23-12-10-9-11-13-23/h9-13,15-16,22,25H,5-8,14,17-21H2,1-4H3/t25-/m0/s1. The zero-order chi connectivity index (χ0) is 21.6. The van der Waals surface area contributed by atoms with Gasteiger partial charge in [-0.15, -0.1) is 0 Å². The summed E-state index contributed by atoms with van der Waals surface area (Å²) < 4.78 is 11.7. The molecule has 1 atom stereocenters. The van der Waals surface area contributed by atoms with Gasteiger partial charge in [-0.25, -0.2) is 0 Å². The number of rotatable bonds is 15. The molecule has 0 amide bonds. The molecule has 0 aromatic heterocycles. The van der Waals surface area contributed by atoms with Gasteiger partial charge in [0, 0.05) is 12.5 Å². The predicted octanol–water partition coefficient (Wildman–Crippen LogP) is 6.54. The maximum absolute atomic E-state index is 6.15. The van der Waals surface area contributed by atoms with Crippen molar-refractivity contribution in [3.8, 4) is 11.5 Å². The lowest BCUT2D eigenvalue weighted by Gasteiger charge is -2.32. The number of nitrogens with zero attached hydrogens (tertiary/aromatic N) is 1. The molecule has 3 nitrogen and oxygen atoms in total. The van der Waals surface area contributed by atoms with Gasteiger partial charge in [-0.3, -0.25) is 0 Å². The SMILES string of the molecule is CCCC[C@@H](Cc1ccc(OC)c(OCCc2ccccc2)c1)N(CCC)CCC. The van der Waals surface area contributed by atoms with Crippen LogP contribution in [0.5, 0.6) is 11.5 Å². The van der Waals surface area contributed by atoms with E-state index in [1.165, 1.54) is 56.3 Å². The summed E-state index contributed by atoms with van der Waals surface area (Å²) >= 11 is 0. The molecule has 166 valence electrons. The highest BCUT2D eigenvalue weighted by Gasteiger charge is 2.18. The number of hydrogen-bond acceptors (Lipinski definition) is 3. The summed E-state index contributed by atoms with van der Waals surface area (Å²) in [5, 5.41) is 0. The molecule has 2 aromatic carbocycles. The molecule has 2 aromatic rings. The van der Waals surface area contributed by atoms with Gasteiger partial charge in [0.1, 0.15) is 0 Å². The van der Waals surface area contributed by atoms with E-state index < -0.39 is 0 Å². The lowest BCUT2D eigenvalue weighted by molar-refractivity contribution is 0.182. The normalized spacial score (nSPS) is 12.2. The summed E-state index contributed by atoms with van der Waals surface area (Å²) in [7, 11) is 1.72. The second-order valence-electron chi connectivity index (χ2n) is 8.11. The van der Waals surface area contributed by atoms with E-state index in [4.69, 9.17) is 9.47 Å². The zero-order valence-corrected chi connectivity index (χ0v) is 19.5. The number of benzene rings is 2. The van der Waals surface area contributed by atoms with Gasteiger partial charge < -0.3 is 14.4 Å². The van der Waals surface area contributed by atoms with E-state index in [1.807, 2.05) is 6.07 Å². The van der Waals surface area contributed by atoms with Gasteiger partial charge in [0.2, 0.25) is 0 Å². The summed E-state index contributed by atoms with van der Waals surface area (Å²) in [4.78, 5) is 2.69. The monoisotopic (exact) mass is 411 g/mol. The fraction of sp³-hybridized carbons (Fsp3) is 0.556. The van der Waals surface area contributed by atoms with Crippen LogP contribution in [0.15, 0.2) is 48.5 Å². The van der Waals surface area contributed by atoms with Crippen LogP contribution < -0.4 is 9.47 Å². The zero-order valence-electron chi connectivity index (χ0n) is 19.5. The highest BCUT2D eigenvalue weighted by atomic mass is 16.5. The lowest BCUT2D eigenvalue weighted by Crippen LogP contribution is -2.38. The molecule has 0 saturated carbocycles. The van der Waals surface area contributed by atoms with Crippen molar-refractivity contribution in [2.24, 2.45) is 0 Å². The van der Waals surface area contributed by atoms with Gasteiger partial charge in [0.15, 0.2) is 11.5 Å². The summed E-state index contributed by atoms with van der Waals surface area (Å²) in [6, 6.07) is 17.5. The molecule has 0 heterocycles. The Hall–Kier alpha value is -2.00. The van der Waals surface area contributed by atoms with E-state index in [1.54, 1.807) is 7.11 Å². The summed E-state index contributed by atoms with van der Waals surface area (Å²) in [5.41, 5.74) is 2.63. The van der Waals surface area contributed by atoms with Crippen LogP contribution in [-0.4, -0.2) is 37.7 Å². The van der Waals surface area contributed by atoms with Crippen LogP contribution in [0.3, 0.4) is 0 Å². The van der Waals surface area contributed by atoms with Crippen LogP contribution in [0.25, 0.3) is 0 Å². The average Bonchev–Trinajstić information content (AvgIpc) is 2.77. The minimum absolute atomic E-state index is 0.593. The first kappa shape index (κ1) is 24.3. The summed E-state index contributed by atoms with van der Waals surface area (Å²) in [6.45, 7) is 9.86. The van der Waals surface area contributed by atoms with E-state index in [-0.39, 0.29) is 0 Å². The highest BCUT2D eigenvalue weighted by molar-refractivity contribution is 5.43. The van der Waals surface area contributed by atoms with Crippen LogP contribution in [0.2, 0.25) is 0 Å². The number of unbranched alkanes of at least 4 members (excludes halogenated alkanes) is 1. The van der Waals surface area contributed by atoms with E-state index in [9.17, 15) is 0 Å². The van der Waals surface area contributed by atoms with Crippen LogP contribution >= 0.6 is 0 Å².